The Morgan fingerprint density at radius 2 is 1.81 bits per heavy atom. The van der Waals surface area contributed by atoms with Gasteiger partial charge < -0.3 is 20.5 Å². The first-order valence-electron chi connectivity index (χ1n) is 11.3. The van der Waals surface area contributed by atoms with Crippen LogP contribution in [0.5, 0.6) is 0 Å². The topological polar surface area (TPSA) is 107 Å². The fourth-order valence-electron chi connectivity index (χ4n) is 4.24. The predicted molar refractivity (Wildman–Crippen MR) is 124 cm³/mol. The Balaban J connectivity index is 1.74. The van der Waals surface area contributed by atoms with Crippen molar-refractivity contribution in [2.75, 3.05) is 32.8 Å². The minimum Gasteiger partial charge on any atom is -0.407 e. The molecule has 3 N–H and O–H groups in total. The van der Waals surface area contributed by atoms with Gasteiger partial charge in [-0.15, -0.1) is 13.2 Å². The second kappa shape index (κ2) is 10.5. The van der Waals surface area contributed by atoms with Crippen LogP contribution >= 0.6 is 0 Å². The number of pyridine rings is 1. The van der Waals surface area contributed by atoms with Crippen LogP contribution in [0.2, 0.25) is 0 Å². The van der Waals surface area contributed by atoms with Crippen LogP contribution in [0, 0.1) is 0 Å². The van der Waals surface area contributed by atoms with Crippen molar-refractivity contribution in [2.24, 2.45) is 5.73 Å². The summed E-state index contributed by atoms with van der Waals surface area (Å²) in [7, 11) is 0. The van der Waals surface area contributed by atoms with Crippen molar-refractivity contribution in [3.05, 3.63) is 77.8 Å². The van der Waals surface area contributed by atoms with Gasteiger partial charge in [-0.05, 0) is 17.7 Å². The van der Waals surface area contributed by atoms with Gasteiger partial charge in [-0.3, -0.25) is 19.5 Å². The van der Waals surface area contributed by atoms with Crippen LogP contribution in [-0.4, -0.2) is 60.9 Å². The molecule has 0 spiro atoms. The molecule has 1 saturated heterocycles. The van der Waals surface area contributed by atoms with Gasteiger partial charge >= 0.3 is 6.36 Å². The number of nitrogens with zero attached hydrogens (tertiary/aromatic N) is 2. The van der Waals surface area contributed by atoms with Crippen LogP contribution in [0.3, 0.4) is 0 Å². The van der Waals surface area contributed by atoms with Crippen LogP contribution in [-0.2, 0) is 24.6 Å². The number of carbonyl (C=O) groups excluding carboxylic acids is 2. The summed E-state index contributed by atoms with van der Waals surface area (Å²) in [5.41, 5.74) is 5.22. The largest absolute Gasteiger partial charge is 0.572 e. The van der Waals surface area contributed by atoms with E-state index in [2.05, 4.69) is 15.0 Å². The number of rotatable bonds is 7. The molecule has 0 radical (unpaired) electrons. The lowest BCUT2D eigenvalue weighted by molar-refractivity contribution is -0.310. The lowest BCUT2D eigenvalue weighted by Gasteiger charge is -2.39. The molecule has 36 heavy (non-hydrogen) atoms. The Morgan fingerprint density at radius 3 is 2.42 bits per heavy atom. The van der Waals surface area contributed by atoms with E-state index in [0.29, 0.717) is 26.3 Å². The fourth-order valence-corrected chi connectivity index (χ4v) is 4.24. The molecule has 2 aromatic rings. The molecule has 1 fully saturated rings. The normalized spacial score (nSPS) is 20.8. The molecule has 1 aliphatic carbocycles. The number of alkyl halides is 3. The molecule has 2 aliphatic rings. The molecule has 2 amide bonds. The standard InChI is InChI=1S/C25H25F3N4O4/c26-25(27,28)36-21-9-7-18(23(29)34)14-24(21,31-22(33)16-32-10-12-35-13-11-32)20-8-6-19(15-30-20)17-4-2-1-3-5-17/h1-9,15H,10-14,16H2,(H2,29,34)(H,31,33). The highest BCUT2D eigenvalue weighted by Crippen LogP contribution is 2.41. The minimum absolute atomic E-state index is 0.0186. The maximum Gasteiger partial charge on any atom is 0.572 e. The number of morpholine rings is 1. The number of primary amides is 1. The third-order valence-corrected chi connectivity index (χ3v) is 5.99. The summed E-state index contributed by atoms with van der Waals surface area (Å²) in [5.74, 6) is -2.01. The Hall–Kier alpha value is -3.70. The average molecular weight is 502 g/mol. The molecule has 1 aromatic carbocycles. The van der Waals surface area contributed by atoms with Crippen molar-refractivity contribution in [3.8, 4) is 11.1 Å². The van der Waals surface area contributed by atoms with Gasteiger partial charge in [0.2, 0.25) is 11.8 Å². The third kappa shape index (κ3) is 5.92. The van der Waals surface area contributed by atoms with Gasteiger partial charge in [0.25, 0.3) is 0 Å². The van der Waals surface area contributed by atoms with Gasteiger partial charge in [-0.25, -0.2) is 0 Å². The molecule has 8 nitrogen and oxygen atoms in total. The van der Waals surface area contributed by atoms with E-state index in [-0.39, 0.29) is 24.2 Å². The number of amides is 2. The number of allylic oxidation sites excluding steroid dienone is 2. The molecular formula is C25H25F3N4O4. The van der Waals surface area contributed by atoms with Crippen LogP contribution in [0.15, 0.2) is 72.1 Å². The van der Waals surface area contributed by atoms with E-state index < -0.39 is 29.5 Å². The SMILES string of the molecule is NC(=O)C1=CC=C(OC(F)(F)F)C(NC(=O)CN2CCOCC2)(c2ccc(-c3ccccc3)cn2)C1. The molecule has 1 aromatic heterocycles. The molecule has 11 heteroatoms. The number of nitrogens with two attached hydrogens (primary N) is 1. The molecule has 1 aliphatic heterocycles. The summed E-state index contributed by atoms with van der Waals surface area (Å²) in [4.78, 5) is 31.4. The highest BCUT2D eigenvalue weighted by atomic mass is 19.4. The van der Waals surface area contributed by atoms with Crippen molar-refractivity contribution in [2.45, 2.75) is 18.3 Å². The van der Waals surface area contributed by atoms with Gasteiger partial charge in [0, 0.05) is 36.8 Å². The molecule has 0 bridgehead atoms. The smallest absolute Gasteiger partial charge is 0.407 e. The zero-order chi connectivity index (χ0) is 25.8. The second-order valence-electron chi connectivity index (χ2n) is 8.45. The molecule has 1 atom stereocenters. The third-order valence-electron chi connectivity index (χ3n) is 5.99. The number of carbonyl (C=O) groups is 2. The summed E-state index contributed by atoms with van der Waals surface area (Å²) >= 11 is 0. The van der Waals surface area contributed by atoms with Crippen molar-refractivity contribution in [1.29, 1.82) is 0 Å². The molecular weight excluding hydrogens is 477 g/mol. The van der Waals surface area contributed by atoms with Crippen molar-refractivity contribution < 1.29 is 32.2 Å². The molecule has 4 rings (SSSR count). The number of nitrogens with one attached hydrogen (secondary N) is 1. The summed E-state index contributed by atoms with van der Waals surface area (Å²) in [6, 6.07) is 12.5. The maximum absolute atomic E-state index is 13.4. The molecule has 2 heterocycles. The van der Waals surface area contributed by atoms with Crippen LogP contribution in [0.1, 0.15) is 12.1 Å². The zero-order valence-corrected chi connectivity index (χ0v) is 19.3. The first kappa shape index (κ1) is 25.4. The van der Waals surface area contributed by atoms with E-state index in [1.54, 1.807) is 6.07 Å². The first-order valence-corrected chi connectivity index (χ1v) is 11.3. The van der Waals surface area contributed by atoms with Crippen molar-refractivity contribution in [1.82, 2.24) is 15.2 Å². The maximum atomic E-state index is 13.4. The van der Waals surface area contributed by atoms with Crippen LogP contribution in [0.25, 0.3) is 11.1 Å². The molecule has 0 saturated carbocycles. The van der Waals surface area contributed by atoms with E-state index in [1.165, 1.54) is 12.3 Å². The first-order chi connectivity index (χ1) is 17.2. The monoisotopic (exact) mass is 502 g/mol. The zero-order valence-electron chi connectivity index (χ0n) is 19.3. The van der Waals surface area contributed by atoms with Gasteiger partial charge in [0.1, 0.15) is 11.3 Å². The van der Waals surface area contributed by atoms with Gasteiger partial charge in [-0.1, -0.05) is 42.5 Å². The summed E-state index contributed by atoms with van der Waals surface area (Å²) < 4.78 is 49.9. The van der Waals surface area contributed by atoms with Crippen LogP contribution in [0.4, 0.5) is 13.2 Å². The van der Waals surface area contributed by atoms with E-state index in [9.17, 15) is 22.8 Å². The number of aromatic nitrogens is 1. The highest BCUT2D eigenvalue weighted by Gasteiger charge is 2.48. The lowest BCUT2D eigenvalue weighted by atomic mass is 9.80. The quantitative estimate of drug-likeness (QED) is 0.603. The number of benzene rings is 1. The molecule has 190 valence electrons. The van der Waals surface area contributed by atoms with Crippen LogP contribution < -0.4 is 11.1 Å². The Labute approximate surface area is 205 Å². The molecule has 1 unspecified atom stereocenters. The lowest BCUT2D eigenvalue weighted by Crippen LogP contribution is -2.54. The summed E-state index contributed by atoms with van der Waals surface area (Å²) in [5, 5.41) is 2.69. The van der Waals surface area contributed by atoms with Crippen molar-refractivity contribution >= 4 is 11.8 Å². The number of hydrogen-bond acceptors (Lipinski definition) is 6. The summed E-state index contributed by atoms with van der Waals surface area (Å²) in [6.07, 6.45) is -1.76. The number of ether oxygens (including phenoxy) is 2. The van der Waals surface area contributed by atoms with E-state index in [4.69, 9.17) is 10.5 Å². The average Bonchev–Trinajstić information content (AvgIpc) is 2.85. The highest BCUT2D eigenvalue weighted by molar-refractivity contribution is 5.93. The van der Waals surface area contributed by atoms with E-state index >= 15 is 0 Å². The number of halogens is 3. The van der Waals surface area contributed by atoms with Crippen molar-refractivity contribution in [3.63, 3.8) is 0 Å². The van der Waals surface area contributed by atoms with Gasteiger partial charge in [0.05, 0.1) is 25.5 Å². The van der Waals surface area contributed by atoms with Gasteiger partial charge in [-0.2, -0.15) is 0 Å². The second-order valence-corrected chi connectivity index (χ2v) is 8.45. The predicted octanol–water partition coefficient (Wildman–Crippen LogP) is 2.63. The Morgan fingerprint density at radius 1 is 1.08 bits per heavy atom. The fraction of sp³-hybridized carbons (Fsp3) is 0.320. The Kier molecular flexibility index (Phi) is 7.41. The van der Waals surface area contributed by atoms with E-state index in [1.807, 2.05) is 35.2 Å². The minimum atomic E-state index is -5.05. The summed E-state index contributed by atoms with van der Waals surface area (Å²) in [6.45, 7) is 1.80. The van der Waals surface area contributed by atoms with Gasteiger partial charge in [0.15, 0.2) is 0 Å². The number of hydrogen-bond donors (Lipinski definition) is 2. The Bertz CT molecular complexity index is 1160. The van der Waals surface area contributed by atoms with E-state index in [0.717, 1.165) is 23.3 Å².